The average Bonchev–Trinajstić information content (AvgIpc) is 2.94. The molecule has 39 heavy (non-hydrogen) atoms. The SMILES string of the molecule is COc1ccc(C[C@@H](C)N(C[C@@H](O)c2ccc(OCc3ccccc3)c3[nH]c(=O)ccc23)C(=O)CCl)cc1.O. The Morgan fingerprint density at radius 3 is 2.38 bits per heavy atom. The van der Waals surface area contributed by atoms with E-state index >= 15 is 0 Å². The predicted octanol–water partition coefficient (Wildman–Crippen LogP) is 4.02. The van der Waals surface area contributed by atoms with Gasteiger partial charge < -0.3 is 29.9 Å². The third-order valence-electron chi connectivity index (χ3n) is 6.51. The first-order valence-electron chi connectivity index (χ1n) is 12.4. The molecule has 4 N–H and O–H groups in total. The van der Waals surface area contributed by atoms with Crippen LogP contribution in [0.1, 0.15) is 29.7 Å². The molecule has 0 fully saturated rings. The summed E-state index contributed by atoms with van der Waals surface area (Å²) >= 11 is 5.94. The van der Waals surface area contributed by atoms with Crippen molar-refractivity contribution in [3.8, 4) is 11.5 Å². The largest absolute Gasteiger partial charge is 0.497 e. The molecule has 3 aromatic carbocycles. The number of aromatic nitrogens is 1. The van der Waals surface area contributed by atoms with Gasteiger partial charge in [0, 0.05) is 17.5 Å². The number of methoxy groups -OCH3 is 1. The highest BCUT2D eigenvalue weighted by Gasteiger charge is 2.25. The standard InChI is InChI=1S/C30H31ClN2O5.H2O/c1-20(16-21-8-10-23(37-2)11-9-21)33(29(36)17-31)18-26(34)24-12-14-27(30-25(24)13-15-28(35)32-30)38-19-22-6-4-3-5-7-22;/h3-15,20,26,34H,16-19H2,1-2H3,(H,32,35);1H2/t20-,26-;/m1./s1. The van der Waals surface area contributed by atoms with Crippen LogP contribution in [0.15, 0.2) is 83.7 Å². The first-order chi connectivity index (χ1) is 18.4. The van der Waals surface area contributed by atoms with E-state index in [0.29, 0.717) is 35.2 Å². The number of hydrogen-bond donors (Lipinski definition) is 2. The summed E-state index contributed by atoms with van der Waals surface area (Å²) in [6.45, 7) is 2.30. The number of pyridine rings is 1. The van der Waals surface area contributed by atoms with E-state index in [-0.39, 0.29) is 35.4 Å². The number of amides is 1. The van der Waals surface area contributed by atoms with Gasteiger partial charge in [-0.2, -0.15) is 0 Å². The number of aliphatic hydroxyl groups excluding tert-OH is 1. The molecule has 1 amide bonds. The van der Waals surface area contributed by atoms with Crippen molar-refractivity contribution in [2.45, 2.75) is 32.1 Å². The third-order valence-corrected chi connectivity index (χ3v) is 6.74. The number of benzene rings is 3. The number of rotatable bonds is 11. The van der Waals surface area contributed by atoms with Gasteiger partial charge in [-0.3, -0.25) is 9.59 Å². The van der Waals surface area contributed by atoms with E-state index in [2.05, 4.69) is 4.98 Å². The number of H-pyrrole nitrogens is 1. The van der Waals surface area contributed by atoms with Crippen molar-refractivity contribution in [2.75, 3.05) is 19.5 Å². The van der Waals surface area contributed by atoms with Crippen molar-refractivity contribution in [2.24, 2.45) is 0 Å². The van der Waals surface area contributed by atoms with Crippen LogP contribution in [-0.2, 0) is 17.8 Å². The van der Waals surface area contributed by atoms with E-state index in [1.165, 1.54) is 6.07 Å². The number of ether oxygens (including phenoxy) is 2. The molecule has 4 aromatic rings. The molecule has 1 heterocycles. The zero-order valence-electron chi connectivity index (χ0n) is 21.9. The normalized spacial score (nSPS) is 12.3. The van der Waals surface area contributed by atoms with Gasteiger partial charge in [0.15, 0.2) is 0 Å². The molecule has 0 aliphatic rings. The van der Waals surface area contributed by atoms with E-state index in [4.69, 9.17) is 21.1 Å². The van der Waals surface area contributed by atoms with Crippen molar-refractivity contribution < 1.29 is 24.9 Å². The molecule has 206 valence electrons. The maximum absolute atomic E-state index is 12.8. The monoisotopic (exact) mass is 552 g/mol. The maximum atomic E-state index is 12.8. The van der Waals surface area contributed by atoms with Gasteiger partial charge in [0.1, 0.15) is 24.0 Å². The summed E-state index contributed by atoms with van der Waals surface area (Å²) in [7, 11) is 1.61. The van der Waals surface area contributed by atoms with Gasteiger partial charge in [0.2, 0.25) is 11.5 Å². The van der Waals surface area contributed by atoms with Gasteiger partial charge in [-0.05, 0) is 54.3 Å². The number of aromatic amines is 1. The molecule has 0 aliphatic carbocycles. The number of halogens is 1. The van der Waals surface area contributed by atoms with Gasteiger partial charge in [-0.1, -0.05) is 48.5 Å². The molecule has 0 bridgehead atoms. The van der Waals surface area contributed by atoms with Crippen molar-refractivity contribution in [1.29, 1.82) is 0 Å². The maximum Gasteiger partial charge on any atom is 0.248 e. The van der Waals surface area contributed by atoms with Crippen LogP contribution in [0.25, 0.3) is 10.9 Å². The lowest BCUT2D eigenvalue weighted by molar-refractivity contribution is -0.132. The van der Waals surface area contributed by atoms with Crippen molar-refractivity contribution in [3.05, 3.63) is 106 Å². The number of carbonyl (C=O) groups is 1. The summed E-state index contributed by atoms with van der Waals surface area (Å²) in [5.41, 5.74) is 2.81. The molecular formula is C30H33ClN2O6. The van der Waals surface area contributed by atoms with E-state index in [1.807, 2.05) is 61.5 Å². The second-order valence-corrected chi connectivity index (χ2v) is 9.40. The minimum atomic E-state index is -1.02. The molecule has 2 atom stereocenters. The molecule has 0 radical (unpaired) electrons. The van der Waals surface area contributed by atoms with E-state index in [0.717, 1.165) is 16.9 Å². The Balaban J connectivity index is 0.00000420. The number of nitrogens with zero attached hydrogens (tertiary/aromatic N) is 1. The molecule has 8 nitrogen and oxygen atoms in total. The highest BCUT2D eigenvalue weighted by atomic mass is 35.5. The number of alkyl halides is 1. The number of hydrogen-bond acceptors (Lipinski definition) is 5. The molecule has 0 spiro atoms. The highest BCUT2D eigenvalue weighted by Crippen LogP contribution is 2.31. The van der Waals surface area contributed by atoms with Crippen LogP contribution < -0.4 is 15.0 Å². The topological polar surface area (TPSA) is 123 Å². The zero-order chi connectivity index (χ0) is 27.1. The Morgan fingerprint density at radius 1 is 1.00 bits per heavy atom. The van der Waals surface area contributed by atoms with Gasteiger partial charge in [-0.25, -0.2) is 0 Å². The smallest absolute Gasteiger partial charge is 0.248 e. The molecule has 0 saturated heterocycles. The second-order valence-electron chi connectivity index (χ2n) is 9.14. The summed E-state index contributed by atoms with van der Waals surface area (Å²) in [6, 6.07) is 23.7. The Kier molecular flexibility index (Phi) is 10.5. The van der Waals surface area contributed by atoms with E-state index in [1.54, 1.807) is 30.2 Å². The Labute approximate surface area is 232 Å². The van der Waals surface area contributed by atoms with Gasteiger partial charge in [-0.15, -0.1) is 11.6 Å². The fourth-order valence-electron chi connectivity index (χ4n) is 4.50. The summed E-state index contributed by atoms with van der Waals surface area (Å²) < 4.78 is 11.2. The summed E-state index contributed by atoms with van der Waals surface area (Å²) in [5.74, 6) is 0.790. The molecule has 0 aliphatic heterocycles. The molecule has 9 heteroatoms. The minimum absolute atomic E-state index is 0. The Hall–Kier alpha value is -3.85. The van der Waals surface area contributed by atoms with Gasteiger partial charge in [0.25, 0.3) is 0 Å². The van der Waals surface area contributed by atoms with Crippen LogP contribution >= 0.6 is 11.6 Å². The lowest BCUT2D eigenvalue weighted by atomic mass is 10.0. The number of carbonyl (C=O) groups excluding carboxylic acids is 1. The van der Waals surface area contributed by atoms with E-state index < -0.39 is 6.10 Å². The number of aliphatic hydroxyl groups is 1. The van der Waals surface area contributed by atoms with Crippen LogP contribution in [-0.4, -0.2) is 52.0 Å². The first-order valence-corrected chi connectivity index (χ1v) is 12.9. The van der Waals surface area contributed by atoms with Gasteiger partial charge >= 0.3 is 0 Å². The van der Waals surface area contributed by atoms with Crippen LogP contribution in [0.4, 0.5) is 0 Å². The zero-order valence-corrected chi connectivity index (χ0v) is 22.6. The third kappa shape index (κ3) is 7.38. The molecular weight excluding hydrogens is 520 g/mol. The molecule has 0 unspecified atom stereocenters. The summed E-state index contributed by atoms with van der Waals surface area (Å²) in [5, 5.41) is 11.9. The molecule has 1 aromatic heterocycles. The second kappa shape index (κ2) is 13.8. The van der Waals surface area contributed by atoms with Crippen LogP contribution in [0.5, 0.6) is 11.5 Å². The lowest BCUT2D eigenvalue weighted by Gasteiger charge is -2.31. The quantitative estimate of drug-likeness (QED) is 0.272. The Bertz CT molecular complexity index is 1430. The van der Waals surface area contributed by atoms with Crippen molar-refractivity contribution in [1.82, 2.24) is 9.88 Å². The molecule has 4 rings (SSSR count). The highest BCUT2D eigenvalue weighted by molar-refractivity contribution is 6.27. The fourth-order valence-corrected chi connectivity index (χ4v) is 4.65. The summed E-state index contributed by atoms with van der Waals surface area (Å²) in [6.07, 6.45) is -0.434. The lowest BCUT2D eigenvalue weighted by Crippen LogP contribution is -2.43. The van der Waals surface area contributed by atoms with Crippen molar-refractivity contribution in [3.63, 3.8) is 0 Å². The predicted molar refractivity (Wildman–Crippen MR) is 153 cm³/mol. The number of fused-ring (bicyclic) bond motifs is 1. The minimum Gasteiger partial charge on any atom is -0.497 e. The fraction of sp³-hybridized carbons (Fsp3) is 0.267. The number of nitrogens with one attached hydrogen (secondary N) is 1. The van der Waals surface area contributed by atoms with Crippen LogP contribution in [0, 0.1) is 0 Å². The van der Waals surface area contributed by atoms with Crippen molar-refractivity contribution >= 4 is 28.4 Å². The Morgan fingerprint density at radius 2 is 1.72 bits per heavy atom. The average molecular weight is 553 g/mol. The van der Waals surface area contributed by atoms with Gasteiger partial charge in [0.05, 0.1) is 25.3 Å². The van der Waals surface area contributed by atoms with Crippen LogP contribution in [0.3, 0.4) is 0 Å². The summed E-state index contributed by atoms with van der Waals surface area (Å²) in [4.78, 5) is 29.4. The van der Waals surface area contributed by atoms with E-state index in [9.17, 15) is 14.7 Å². The van der Waals surface area contributed by atoms with Crippen LogP contribution in [0.2, 0.25) is 0 Å². The first kappa shape index (κ1) is 29.7. The molecule has 0 saturated carbocycles.